The number of aromatic nitrogens is 4. The standard InChI is InChI=1S/C10H21N5/c1-2-3-4-5-6-7-8-11-9-10-12-14-15-13-10/h11H,2-9H2,1H3,(H,12,13,14,15). The van der Waals surface area contributed by atoms with Gasteiger partial charge in [-0.15, -0.1) is 10.2 Å². The number of hydrogen-bond donors (Lipinski definition) is 2. The third kappa shape index (κ3) is 6.17. The molecule has 0 bridgehead atoms. The molecule has 1 aromatic heterocycles. The molecule has 0 saturated heterocycles. The van der Waals surface area contributed by atoms with E-state index in [0.29, 0.717) is 6.54 Å². The summed E-state index contributed by atoms with van der Waals surface area (Å²) in [7, 11) is 0. The third-order valence-electron chi connectivity index (χ3n) is 2.38. The Bertz CT molecular complexity index is 222. The molecule has 2 N–H and O–H groups in total. The minimum absolute atomic E-state index is 0.714. The third-order valence-corrected chi connectivity index (χ3v) is 2.38. The smallest absolute Gasteiger partial charge is 0.188 e. The lowest BCUT2D eigenvalue weighted by Gasteiger charge is -2.01. The number of rotatable bonds is 9. The Kier molecular flexibility index (Phi) is 6.73. The van der Waals surface area contributed by atoms with Crippen LogP contribution in [-0.2, 0) is 6.54 Å². The van der Waals surface area contributed by atoms with E-state index in [1.807, 2.05) is 0 Å². The summed E-state index contributed by atoms with van der Waals surface area (Å²) in [6, 6.07) is 0. The maximum Gasteiger partial charge on any atom is 0.188 e. The van der Waals surface area contributed by atoms with E-state index in [1.54, 1.807) is 0 Å². The first-order valence-corrected chi connectivity index (χ1v) is 5.86. The topological polar surface area (TPSA) is 66.5 Å². The normalized spacial score (nSPS) is 10.7. The molecule has 5 nitrogen and oxygen atoms in total. The molecule has 0 saturated carbocycles. The maximum atomic E-state index is 3.86. The first-order chi connectivity index (χ1) is 7.43. The van der Waals surface area contributed by atoms with Gasteiger partial charge in [0.05, 0.1) is 6.54 Å². The Morgan fingerprint density at radius 2 is 1.93 bits per heavy atom. The molecule has 0 aromatic carbocycles. The van der Waals surface area contributed by atoms with Crippen LogP contribution in [0, 0.1) is 0 Å². The summed E-state index contributed by atoms with van der Waals surface area (Å²) in [4.78, 5) is 0. The molecule has 1 aromatic rings. The molecular weight excluding hydrogens is 190 g/mol. The van der Waals surface area contributed by atoms with Gasteiger partial charge in [0, 0.05) is 0 Å². The van der Waals surface area contributed by atoms with Gasteiger partial charge in [-0.2, -0.15) is 5.21 Å². The molecule has 86 valence electrons. The first kappa shape index (κ1) is 12.1. The molecule has 0 spiro atoms. The van der Waals surface area contributed by atoms with Crippen LogP contribution in [0.2, 0.25) is 0 Å². The van der Waals surface area contributed by atoms with Crippen molar-refractivity contribution in [2.24, 2.45) is 0 Å². The van der Waals surface area contributed by atoms with Gasteiger partial charge < -0.3 is 5.32 Å². The lowest BCUT2D eigenvalue weighted by molar-refractivity contribution is 0.566. The molecule has 0 aliphatic carbocycles. The number of nitrogens with one attached hydrogen (secondary N) is 2. The Morgan fingerprint density at radius 1 is 1.13 bits per heavy atom. The average molecular weight is 211 g/mol. The summed E-state index contributed by atoms with van der Waals surface area (Å²) in [5, 5.41) is 17.0. The van der Waals surface area contributed by atoms with Crippen LogP contribution in [0.5, 0.6) is 0 Å². The second-order valence-electron chi connectivity index (χ2n) is 3.77. The van der Waals surface area contributed by atoms with Crippen molar-refractivity contribution in [2.75, 3.05) is 6.54 Å². The molecule has 1 heterocycles. The molecular formula is C10H21N5. The second kappa shape index (κ2) is 8.35. The minimum atomic E-state index is 0.714. The second-order valence-corrected chi connectivity index (χ2v) is 3.77. The lowest BCUT2D eigenvalue weighted by atomic mass is 10.1. The molecule has 0 aliphatic heterocycles. The van der Waals surface area contributed by atoms with E-state index in [1.165, 1.54) is 38.5 Å². The van der Waals surface area contributed by atoms with Gasteiger partial charge in [0.1, 0.15) is 0 Å². The average Bonchev–Trinajstić information content (AvgIpc) is 2.75. The highest BCUT2D eigenvalue weighted by atomic mass is 15.5. The van der Waals surface area contributed by atoms with Crippen molar-refractivity contribution in [2.45, 2.75) is 52.0 Å². The maximum absolute atomic E-state index is 3.86. The quantitative estimate of drug-likeness (QED) is 0.609. The monoisotopic (exact) mass is 211 g/mol. The number of unbranched alkanes of at least 4 members (excludes halogenated alkanes) is 5. The van der Waals surface area contributed by atoms with Gasteiger partial charge in [0.2, 0.25) is 0 Å². The van der Waals surface area contributed by atoms with E-state index in [0.717, 1.165) is 12.4 Å². The van der Waals surface area contributed by atoms with E-state index < -0.39 is 0 Å². The number of aromatic amines is 1. The van der Waals surface area contributed by atoms with Crippen molar-refractivity contribution in [3.8, 4) is 0 Å². The zero-order valence-electron chi connectivity index (χ0n) is 9.50. The number of H-pyrrole nitrogens is 1. The molecule has 15 heavy (non-hydrogen) atoms. The highest BCUT2D eigenvalue weighted by molar-refractivity contribution is 4.73. The molecule has 0 atom stereocenters. The van der Waals surface area contributed by atoms with E-state index in [9.17, 15) is 0 Å². The Hall–Kier alpha value is -0.970. The fourth-order valence-corrected chi connectivity index (χ4v) is 1.49. The highest BCUT2D eigenvalue weighted by Crippen LogP contribution is 2.03. The van der Waals surface area contributed by atoms with Gasteiger partial charge in [-0.05, 0) is 13.0 Å². The predicted octanol–water partition coefficient (Wildman–Crippen LogP) is 1.65. The van der Waals surface area contributed by atoms with E-state index in [4.69, 9.17) is 0 Å². The van der Waals surface area contributed by atoms with Crippen molar-refractivity contribution < 1.29 is 0 Å². The van der Waals surface area contributed by atoms with Crippen LogP contribution in [-0.4, -0.2) is 27.2 Å². The molecule has 0 aliphatic rings. The van der Waals surface area contributed by atoms with Crippen molar-refractivity contribution in [1.29, 1.82) is 0 Å². The SMILES string of the molecule is CCCCCCCCNCc1nn[nH]n1. The van der Waals surface area contributed by atoms with Crippen LogP contribution in [0.1, 0.15) is 51.3 Å². The molecule has 0 radical (unpaired) electrons. The van der Waals surface area contributed by atoms with Gasteiger partial charge in [0.15, 0.2) is 5.82 Å². The summed E-state index contributed by atoms with van der Waals surface area (Å²) in [5.74, 6) is 0.737. The van der Waals surface area contributed by atoms with Gasteiger partial charge in [0.25, 0.3) is 0 Å². The summed E-state index contributed by atoms with van der Waals surface area (Å²) in [6.07, 6.45) is 7.98. The molecule has 0 fully saturated rings. The summed E-state index contributed by atoms with van der Waals surface area (Å²) in [6.45, 7) is 4.00. The van der Waals surface area contributed by atoms with Crippen LogP contribution in [0.3, 0.4) is 0 Å². The van der Waals surface area contributed by atoms with Crippen molar-refractivity contribution in [1.82, 2.24) is 25.9 Å². The Labute approximate surface area is 91.0 Å². The van der Waals surface area contributed by atoms with Gasteiger partial charge in [-0.25, -0.2) is 0 Å². The van der Waals surface area contributed by atoms with E-state index in [-0.39, 0.29) is 0 Å². The lowest BCUT2D eigenvalue weighted by Crippen LogP contribution is -2.15. The first-order valence-electron chi connectivity index (χ1n) is 5.86. The van der Waals surface area contributed by atoms with Gasteiger partial charge in [-0.1, -0.05) is 44.2 Å². The zero-order valence-corrected chi connectivity index (χ0v) is 9.50. The summed E-state index contributed by atoms with van der Waals surface area (Å²) in [5.41, 5.74) is 0. The number of tetrazole rings is 1. The van der Waals surface area contributed by atoms with Gasteiger partial charge >= 0.3 is 0 Å². The molecule has 1 rings (SSSR count). The fourth-order valence-electron chi connectivity index (χ4n) is 1.49. The van der Waals surface area contributed by atoms with Crippen LogP contribution in [0.25, 0.3) is 0 Å². The van der Waals surface area contributed by atoms with Crippen LogP contribution < -0.4 is 5.32 Å². The minimum Gasteiger partial charge on any atom is -0.310 e. The van der Waals surface area contributed by atoms with E-state index >= 15 is 0 Å². The highest BCUT2D eigenvalue weighted by Gasteiger charge is 1.95. The Balaban J connectivity index is 1.81. The van der Waals surface area contributed by atoms with Crippen LogP contribution in [0.4, 0.5) is 0 Å². The largest absolute Gasteiger partial charge is 0.310 e. The predicted molar refractivity (Wildman–Crippen MR) is 59.3 cm³/mol. The Morgan fingerprint density at radius 3 is 2.67 bits per heavy atom. The molecule has 5 heteroatoms. The number of hydrogen-bond acceptors (Lipinski definition) is 4. The van der Waals surface area contributed by atoms with Crippen LogP contribution >= 0.6 is 0 Å². The molecule has 0 unspecified atom stereocenters. The molecule has 0 amide bonds. The zero-order chi connectivity index (χ0) is 10.8. The van der Waals surface area contributed by atoms with Crippen LogP contribution in [0.15, 0.2) is 0 Å². The van der Waals surface area contributed by atoms with Gasteiger partial charge in [-0.3, -0.25) is 0 Å². The van der Waals surface area contributed by atoms with Crippen molar-refractivity contribution in [3.05, 3.63) is 5.82 Å². The van der Waals surface area contributed by atoms with E-state index in [2.05, 4.69) is 32.9 Å². The fraction of sp³-hybridized carbons (Fsp3) is 0.900. The summed E-state index contributed by atoms with van der Waals surface area (Å²) >= 11 is 0. The van der Waals surface area contributed by atoms with Crippen molar-refractivity contribution in [3.63, 3.8) is 0 Å². The van der Waals surface area contributed by atoms with Crippen molar-refractivity contribution >= 4 is 0 Å². The number of nitrogens with zero attached hydrogens (tertiary/aromatic N) is 3. The summed E-state index contributed by atoms with van der Waals surface area (Å²) < 4.78 is 0.